The minimum absolute atomic E-state index is 0. The van der Waals surface area contributed by atoms with Gasteiger partial charge in [-0.3, -0.25) is 4.57 Å². The Balaban J connectivity index is 0.00000445. The van der Waals surface area contributed by atoms with Gasteiger partial charge in [0.1, 0.15) is 11.6 Å². The Labute approximate surface area is 365 Å². The minimum atomic E-state index is -3.20. The van der Waals surface area contributed by atoms with E-state index in [1.807, 2.05) is 60.8 Å². The van der Waals surface area contributed by atoms with Crippen molar-refractivity contribution in [2.45, 2.75) is 32.1 Å². The first-order valence-corrected chi connectivity index (χ1v) is 20.1. The molecule has 0 spiro atoms. The van der Waals surface area contributed by atoms with Crippen molar-refractivity contribution >= 4 is 54.6 Å². The van der Waals surface area contributed by atoms with Crippen LogP contribution in [0.5, 0.6) is 0 Å². The number of alkyl halides is 2. The average molecular weight is 977 g/mol. The Bertz CT molecular complexity index is 3450. The van der Waals surface area contributed by atoms with E-state index in [2.05, 4.69) is 96.6 Å². The summed E-state index contributed by atoms with van der Waals surface area (Å²) >= 11 is 0. The summed E-state index contributed by atoms with van der Waals surface area (Å²) in [6, 6.07) is 55.9. The number of rotatable bonds is 6. The third-order valence-electron chi connectivity index (χ3n) is 11.7. The molecule has 0 radical (unpaired) electrons. The van der Waals surface area contributed by atoms with Crippen molar-refractivity contribution in [3.05, 3.63) is 193 Å². The smallest absolute Gasteiger partial charge is 0.656 e. The van der Waals surface area contributed by atoms with Crippen LogP contribution in [0, 0.1) is 6.07 Å². The summed E-state index contributed by atoms with van der Waals surface area (Å²) in [6.07, 6.45) is 1.82. The van der Waals surface area contributed by atoms with Gasteiger partial charge in [-0.15, -0.1) is 34.8 Å². The molecule has 0 unspecified atom stereocenters. The van der Waals surface area contributed by atoms with E-state index in [0.29, 0.717) is 11.2 Å². The Morgan fingerprint density at radius 3 is 2.10 bits per heavy atom. The fourth-order valence-electron chi connectivity index (χ4n) is 8.67. The second-order valence-corrected chi connectivity index (χ2v) is 16.4. The molecule has 0 aliphatic carbocycles. The molecule has 11 rings (SSSR count). The zero-order valence-electron chi connectivity index (χ0n) is 33.5. The van der Waals surface area contributed by atoms with Crippen molar-refractivity contribution in [3.8, 4) is 34.0 Å². The average Bonchev–Trinajstić information content (AvgIpc) is 3.96. The number of para-hydroxylation sites is 4. The van der Waals surface area contributed by atoms with Crippen LogP contribution in [0.2, 0.25) is 0 Å². The number of pyridine rings is 1. The standard InChI is InChI=1S/C53H37F2N5.Pt/c1-52(2,3)35-28-29-56-48(32-35)60-45-27-25-36(53(54,55)34-14-6-4-7-15-34)31-43(45)40-26-24-33(30-47(40)60)38-19-13-23-46-50(38)58-51(59(46)37-16-8-5-9-17-37)42-21-12-20-41-39-18-10-11-22-44(39)57-49(41)42;/h4-29,31-32H,1-3H3;/q-2;+2. The van der Waals surface area contributed by atoms with E-state index in [-0.39, 0.29) is 37.6 Å². The van der Waals surface area contributed by atoms with Crippen molar-refractivity contribution in [1.29, 1.82) is 0 Å². The number of imidazole rings is 1. The van der Waals surface area contributed by atoms with Crippen LogP contribution in [0.25, 0.3) is 88.7 Å². The van der Waals surface area contributed by atoms with Gasteiger partial charge >= 0.3 is 21.1 Å². The number of aromatic nitrogens is 5. The van der Waals surface area contributed by atoms with Crippen molar-refractivity contribution in [2.75, 3.05) is 0 Å². The van der Waals surface area contributed by atoms with Crippen LogP contribution in [0.15, 0.2) is 170 Å². The van der Waals surface area contributed by atoms with Crippen LogP contribution in [-0.4, -0.2) is 19.1 Å². The van der Waals surface area contributed by atoms with Gasteiger partial charge in [0.05, 0.1) is 11.0 Å². The molecule has 298 valence electrons. The first kappa shape index (κ1) is 38.5. The van der Waals surface area contributed by atoms with E-state index in [1.54, 1.807) is 30.3 Å². The molecule has 4 heterocycles. The number of fused-ring (bicyclic) bond motifs is 7. The molecule has 0 aliphatic heterocycles. The molecular weight excluding hydrogens is 940 g/mol. The summed E-state index contributed by atoms with van der Waals surface area (Å²) in [5, 5.41) is 3.68. The fraction of sp³-hybridized carbons (Fsp3) is 0.0943. The van der Waals surface area contributed by atoms with Crippen molar-refractivity contribution in [3.63, 3.8) is 0 Å². The third kappa shape index (κ3) is 6.21. The minimum Gasteiger partial charge on any atom is -0.656 e. The number of hydrogen-bond acceptors (Lipinski definition) is 2. The van der Waals surface area contributed by atoms with Gasteiger partial charge in [-0.25, -0.2) is 9.97 Å². The van der Waals surface area contributed by atoms with Gasteiger partial charge < -0.3 is 9.55 Å². The molecule has 0 fully saturated rings. The summed E-state index contributed by atoms with van der Waals surface area (Å²) in [5.74, 6) is -1.73. The van der Waals surface area contributed by atoms with Gasteiger partial charge in [0.15, 0.2) is 0 Å². The zero-order valence-corrected chi connectivity index (χ0v) is 35.7. The summed E-state index contributed by atoms with van der Waals surface area (Å²) in [4.78, 5) is 15.4. The molecule has 61 heavy (non-hydrogen) atoms. The second kappa shape index (κ2) is 14.5. The maximum atomic E-state index is 16.1. The van der Waals surface area contributed by atoms with Crippen LogP contribution in [0.3, 0.4) is 0 Å². The fourth-order valence-corrected chi connectivity index (χ4v) is 8.67. The molecule has 0 atom stereocenters. The zero-order chi connectivity index (χ0) is 40.8. The van der Waals surface area contributed by atoms with E-state index < -0.39 is 5.92 Å². The molecule has 0 saturated heterocycles. The van der Waals surface area contributed by atoms with Gasteiger partial charge in [-0.1, -0.05) is 147 Å². The monoisotopic (exact) mass is 976 g/mol. The molecule has 0 bridgehead atoms. The molecule has 0 amide bonds. The maximum Gasteiger partial charge on any atom is 2.00 e. The third-order valence-corrected chi connectivity index (χ3v) is 11.7. The Morgan fingerprint density at radius 1 is 0.574 bits per heavy atom. The molecule has 0 aliphatic rings. The summed E-state index contributed by atoms with van der Waals surface area (Å²) in [5.41, 5.74) is 9.54. The van der Waals surface area contributed by atoms with E-state index in [4.69, 9.17) is 15.0 Å². The summed E-state index contributed by atoms with van der Waals surface area (Å²) in [6.45, 7) is 6.50. The van der Waals surface area contributed by atoms with Crippen LogP contribution in [0.1, 0.15) is 37.5 Å². The molecule has 0 N–H and O–H groups in total. The van der Waals surface area contributed by atoms with Gasteiger partial charge in [0, 0.05) is 34.1 Å². The molecule has 7 aromatic carbocycles. The number of benzene rings is 7. The SMILES string of the molecule is CC(C)(C)c1ccnc(-n2c3[c-]c(-c4cccc5c4nc(-c4cccc6c4[n-]c4ccccc46)n5-c4ccccc4)ccc3c3cc(C(F)(F)c4ccccc4)ccc32)c1.[Pt+2]. The van der Waals surface area contributed by atoms with Crippen LogP contribution < -0.4 is 4.98 Å². The van der Waals surface area contributed by atoms with Crippen molar-refractivity contribution in [2.24, 2.45) is 0 Å². The normalized spacial score (nSPS) is 12.2. The van der Waals surface area contributed by atoms with Crippen LogP contribution in [-0.2, 0) is 32.4 Å². The molecule has 5 nitrogen and oxygen atoms in total. The second-order valence-electron chi connectivity index (χ2n) is 16.4. The number of hydrogen-bond donors (Lipinski definition) is 0. The van der Waals surface area contributed by atoms with Gasteiger partial charge in [0.2, 0.25) is 0 Å². The Morgan fingerprint density at radius 2 is 1.30 bits per heavy atom. The molecule has 0 saturated carbocycles. The van der Waals surface area contributed by atoms with Crippen molar-refractivity contribution < 1.29 is 29.8 Å². The first-order chi connectivity index (χ1) is 29.1. The number of halogens is 2. The molecular formula is C53H37F2N5Pt. The van der Waals surface area contributed by atoms with E-state index in [9.17, 15) is 0 Å². The van der Waals surface area contributed by atoms with Crippen molar-refractivity contribution in [1.82, 2.24) is 24.1 Å². The number of nitrogens with zero attached hydrogens (tertiary/aromatic N) is 5. The first-order valence-electron chi connectivity index (χ1n) is 20.1. The Kier molecular flexibility index (Phi) is 9.15. The summed E-state index contributed by atoms with van der Waals surface area (Å²) < 4.78 is 36.5. The largest absolute Gasteiger partial charge is 2.00 e. The molecule has 11 aromatic rings. The van der Waals surface area contributed by atoms with Gasteiger partial charge in [-0.2, -0.15) is 8.78 Å². The quantitative estimate of drug-likeness (QED) is 0.156. The van der Waals surface area contributed by atoms with Gasteiger partial charge in [-0.05, 0) is 69.1 Å². The van der Waals surface area contributed by atoms with E-state index in [1.165, 1.54) is 18.2 Å². The van der Waals surface area contributed by atoms with Crippen LogP contribution >= 0.6 is 0 Å². The maximum absolute atomic E-state index is 16.1. The van der Waals surface area contributed by atoms with Crippen LogP contribution in [0.4, 0.5) is 8.78 Å². The predicted octanol–water partition coefficient (Wildman–Crippen LogP) is 13.4. The van der Waals surface area contributed by atoms with E-state index >= 15 is 8.78 Å². The Hall–Kier alpha value is -6.69. The molecule has 4 aromatic heterocycles. The topological polar surface area (TPSA) is 49.7 Å². The van der Waals surface area contributed by atoms with E-state index in [0.717, 1.165) is 83.0 Å². The molecule has 8 heteroatoms. The summed E-state index contributed by atoms with van der Waals surface area (Å²) in [7, 11) is 0. The van der Waals surface area contributed by atoms with Gasteiger partial charge in [0.25, 0.3) is 5.92 Å². The predicted molar refractivity (Wildman–Crippen MR) is 239 cm³/mol.